The van der Waals surface area contributed by atoms with Crippen LogP contribution in [-0.4, -0.2) is 68.6 Å². The van der Waals surface area contributed by atoms with Gasteiger partial charge in [0.05, 0.1) is 74.0 Å². The number of carboxylic acids is 1. The van der Waals surface area contributed by atoms with Gasteiger partial charge in [0, 0.05) is 11.5 Å². The van der Waals surface area contributed by atoms with Gasteiger partial charge >= 0.3 is 11.7 Å². The van der Waals surface area contributed by atoms with Crippen LogP contribution in [0.5, 0.6) is 11.5 Å². The van der Waals surface area contributed by atoms with Crippen molar-refractivity contribution in [2.45, 2.75) is 46.1 Å². The molecule has 0 amide bonds. The fourth-order valence-corrected chi connectivity index (χ4v) is 4.78. The van der Waals surface area contributed by atoms with Crippen LogP contribution >= 0.6 is 62.7 Å². The molecule has 0 spiro atoms. The van der Waals surface area contributed by atoms with Crippen LogP contribution in [-0.2, 0) is 25.7 Å². The minimum Gasteiger partial charge on any atom is -0.778 e. The number of hydrogen-bond donors (Lipinski definition) is 4. The van der Waals surface area contributed by atoms with Gasteiger partial charge in [-0.15, -0.1) is 5.10 Å². The maximum atomic E-state index is 12.1. The Bertz CT molecular complexity index is 1610. The summed E-state index contributed by atoms with van der Waals surface area (Å²) >= 11 is 18.5. The van der Waals surface area contributed by atoms with Crippen molar-refractivity contribution in [2.75, 3.05) is 31.6 Å². The van der Waals surface area contributed by atoms with Crippen LogP contribution in [0.1, 0.15) is 46.1 Å². The number of phenols is 1. The first kappa shape index (κ1) is 44.9. The Labute approximate surface area is 303 Å². The number of aromatic nitrogens is 2. The third-order valence-electron chi connectivity index (χ3n) is 4.52. The highest BCUT2D eigenvalue weighted by molar-refractivity contribution is 9.11. The van der Waals surface area contributed by atoms with Crippen molar-refractivity contribution in [2.24, 2.45) is 0 Å². The van der Waals surface area contributed by atoms with Crippen LogP contribution < -0.4 is 20.7 Å². The van der Waals surface area contributed by atoms with E-state index in [4.69, 9.17) is 47.6 Å². The van der Waals surface area contributed by atoms with E-state index in [2.05, 4.69) is 55.7 Å². The van der Waals surface area contributed by atoms with E-state index in [1.165, 1.54) is 6.07 Å². The lowest BCUT2D eigenvalue weighted by atomic mass is 9.97. The molecule has 0 saturated heterocycles. The second-order valence-electron chi connectivity index (χ2n) is 11.0. The number of nitrogens with one attached hydrogen (secondary N) is 1. The van der Waals surface area contributed by atoms with Gasteiger partial charge in [0.1, 0.15) is 19.1 Å². The third kappa shape index (κ3) is 18.3. The van der Waals surface area contributed by atoms with E-state index < -0.39 is 32.2 Å². The lowest BCUT2D eigenvalue weighted by Gasteiger charge is -2.14. The summed E-state index contributed by atoms with van der Waals surface area (Å²) in [6.07, 6.45) is 5.81. The summed E-state index contributed by atoms with van der Waals surface area (Å²) in [6.45, 7) is 8.99. The number of halogens is 4. The fraction of sp³-hybridized carbons (Fsp3) is 0.429. The van der Waals surface area contributed by atoms with E-state index in [0.29, 0.717) is 47.8 Å². The van der Waals surface area contributed by atoms with Gasteiger partial charge in [0.2, 0.25) is 5.89 Å². The fourth-order valence-electron chi connectivity index (χ4n) is 2.69. The average Bonchev–Trinajstić information content (AvgIpc) is 3.29. The Hall–Kier alpha value is -2.06. The van der Waals surface area contributed by atoms with E-state index in [1.54, 1.807) is 18.2 Å². The molecule has 1 aromatic heterocycles. The quantitative estimate of drug-likeness (QED) is 0.167. The predicted octanol–water partition coefficient (Wildman–Crippen LogP) is 5.66. The third-order valence-corrected chi connectivity index (χ3v) is 6.95. The van der Waals surface area contributed by atoms with Crippen molar-refractivity contribution in [3.05, 3.63) is 65.3 Å². The van der Waals surface area contributed by atoms with Crippen molar-refractivity contribution in [1.82, 2.24) is 15.1 Å². The van der Waals surface area contributed by atoms with Crippen LogP contribution in [0, 0.1) is 11.3 Å². The van der Waals surface area contributed by atoms with Gasteiger partial charge < -0.3 is 33.7 Å². The highest BCUT2D eigenvalue weighted by Crippen LogP contribution is 2.34. The molecule has 13 nitrogen and oxygen atoms in total. The minimum atomic E-state index is -4.35. The summed E-state index contributed by atoms with van der Waals surface area (Å²) in [5.41, 5.74) is 0.480. The molecular formula is C28H37Br2Cl2N4O9PS. The van der Waals surface area contributed by atoms with Crippen molar-refractivity contribution in [3.63, 3.8) is 0 Å². The molecule has 0 fully saturated rings. The first-order chi connectivity index (χ1) is 21.4. The van der Waals surface area contributed by atoms with E-state index in [-0.39, 0.29) is 22.3 Å². The topological polar surface area (TPSA) is 211 Å². The van der Waals surface area contributed by atoms with E-state index in [1.807, 2.05) is 46.0 Å². The first-order valence-electron chi connectivity index (χ1n) is 13.2. The molecule has 1 unspecified atom stereocenters. The number of nitrogens with zero attached hydrogens (tertiary/aromatic N) is 3. The summed E-state index contributed by atoms with van der Waals surface area (Å²) in [6, 6.07) is 8.18. The molecule has 0 saturated carbocycles. The van der Waals surface area contributed by atoms with Crippen LogP contribution in [0.4, 0.5) is 0 Å². The van der Waals surface area contributed by atoms with Crippen molar-refractivity contribution >= 4 is 79.5 Å². The summed E-state index contributed by atoms with van der Waals surface area (Å²) in [4.78, 5) is 39.8. The van der Waals surface area contributed by atoms with Crippen LogP contribution in [0.25, 0.3) is 5.69 Å². The zero-order valence-electron chi connectivity index (χ0n) is 26.8. The zero-order chi connectivity index (χ0) is 36.9. The number of hydrogen-bond acceptors (Lipinski definition) is 10. The Balaban J connectivity index is 0.000000708. The second kappa shape index (κ2) is 20.5. The lowest BCUT2D eigenvalue weighted by molar-refractivity contribution is -0.193. The highest BCUT2D eigenvalue weighted by Gasteiger charge is 2.24. The number of aromatic hydroxyl groups is 1. The van der Waals surface area contributed by atoms with Gasteiger partial charge in [-0.1, -0.05) is 44.0 Å². The summed E-state index contributed by atoms with van der Waals surface area (Å²) in [5, 5.41) is 32.6. The van der Waals surface area contributed by atoms with Crippen LogP contribution in [0.15, 0.2) is 42.4 Å². The SMILES string of the molecule is CC(C)Oc1cc(-n2nc(C(C)(C)C)oc2=O)c(Cl)cc1Cl.C[S+](C)C.N#Cc1cc(Br)c(O)c(Br)c1.O=C(O)CNCP(=O)([O-])O. The largest absolute Gasteiger partial charge is 0.778 e. The highest BCUT2D eigenvalue weighted by atomic mass is 79.9. The van der Waals surface area contributed by atoms with Crippen LogP contribution in [0.2, 0.25) is 10.0 Å². The van der Waals surface area contributed by atoms with Gasteiger partial charge in [-0.05, 0) is 74.8 Å². The summed E-state index contributed by atoms with van der Waals surface area (Å²) < 4.78 is 22.9. The number of aliphatic carboxylic acids is 1. The summed E-state index contributed by atoms with van der Waals surface area (Å²) in [5.74, 6) is -0.903. The van der Waals surface area contributed by atoms with E-state index >= 15 is 0 Å². The molecule has 0 aliphatic heterocycles. The molecule has 3 rings (SSSR count). The Kier molecular flexibility index (Phi) is 19.6. The second-order valence-corrected chi connectivity index (χ2v) is 17.5. The molecule has 0 aliphatic rings. The average molecular weight is 867 g/mol. The van der Waals surface area contributed by atoms with Gasteiger partial charge in [0.25, 0.3) is 0 Å². The molecule has 1 atom stereocenters. The molecule has 47 heavy (non-hydrogen) atoms. The van der Waals surface area contributed by atoms with Gasteiger partial charge in [-0.2, -0.15) is 9.94 Å². The van der Waals surface area contributed by atoms with Crippen molar-refractivity contribution in [1.29, 1.82) is 5.26 Å². The number of carbonyl (C=O) groups is 1. The standard InChI is InChI=1S/C15H18Cl2N2O3.C7H3Br2NO.C3H8NO5P.C3H9S/c1-8(2)21-12-7-11(9(16)6-10(12)17)19-14(20)22-13(18-19)15(3,4)5;8-5-1-4(3-10)2-6(9)7(5)11;5-3(6)1-4-2-10(7,8)9;1-4(2)3/h6-8H,1-5H3;1-2,11H;4H,1-2H2,(H,5,6)(H2,7,8,9);1-3H3/q;;;+1/p-1. The Morgan fingerprint density at radius 2 is 1.70 bits per heavy atom. The number of benzene rings is 2. The number of carboxylic acid groups (broad SMARTS) is 1. The zero-order valence-corrected chi connectivity index (χ0v) is 33.2. The van der Waals surface area contributed by atoms with E-state index in [0.717, 1.165) is 4.68 Å². The lowest BCUT2D eigenvalue weighted by Crippen LogP contribution is -2.25. The molecule has 0 radical (unpaired) electrons. The Morgan fingerprint density at radius 3 is 2.09 bits per heavy atom. The van der Waals surface area contributed by atoms with E-state index in [9.17, 15) is 24.2 Å². The molecule has 19 heteroatoms. The molecule has 4 N–H and O–H groups in total. The molecule has 3 aromatic rings. The van der Waals surface area contributed by atoms with Crippen molar-refractivity contribution in [3.8, 4) is 23.3 Å². The molecule has 0 aliphatic carbocycles. The predicted molar refractivity (Wildman–Crippen MR) is 190 cm³/mol. The van der Waals surface area contributed by atoms with Crippen LogP contribution in [0.3, 0.4) is 0 Å². The number of rotatable bonds is 7. The number of ether oxygens (including phenoxy) is 1. The van der Waals surface area contributed by atoms with Gasteiger partial charge in [-0.3, -0.25) is 10.1 Å². The molecule has 0 bridgehead atoms. The maximum absolute atomic E-state index is 12.1. The number of nitriles is 1. The minimum absolute atomic E-state index is 0.0642. The monoisotopic (exact) mass is 864 g/mol. The number of phenolic OH excluding ortho intramolecular Hbond substituents is 1. The summed E-state index contributed by atoms with van der Waals surface area (Å²) in [7, 11) is -3.71. The molecule has 2 aromatic carbocycles. The Morgan fingerprint density at radius 1 is 1.19 bits per heavy atom. The first-order valence-corrected chi connectivity index (χ1v) is 19.7. The molecular weight excluding hydrogens is 830 g/mol. The van der Waals surface area contributed by atoms with Gasteiger partial charge in [-0.25, -0.2) is 4.79 Å². The van der Waals surface area contributed by atoms with Crippen molar-refractivity contribution < 1.29 is 38.5 Å². The molecule has 1 heterocycles. The maximum Gasteiger partial charge on any atom is 0.442 e. The smallest absolute Gasteiger partial charge is 0.442 e. The molecule has 262 valence electrons. The van der Waals surface area contributed by atoms with Gasteiger partial charge in [0.15, 0.2) is 0 Å². The normalized spacial score (nSPS) is 12.0.